The summed E-state index contributed by atoms with van der Waals surface area (Å²) >= 11 is 0. The van der Waals surface area contributed by atoms with Gasteiger partial charge in [-0.15, -0.1) is 0 Å². The van der Waals surface area contributed by atoms with Gasteiger partial charge in [-0.3, -0.25) is 9.59 Å². The van der Waals surface area contributed by atoms with Gasteiger partial charge in [-0.25, -0.2) is 0 Å². The number of amides is 2. The molecule has 5 rings (SSSR count). The first-order valence-electron chi connectivity index (χ1n) is 13.0. The summed E-state index contributed by atoms with van der Waals surface area (Å²) in [6.45, 7) is 4.36. The second kappa shape index (κ2) is 10.5. The third-order valence-corrected chi connectivity index (χ3v) is 7.64. The molecule has 6 heteroatoms. The SMILES string of the molecule is O=C(Nc1cccc(N2CCCC2)c1)C1CCC(C(=O)Nc2cccc(N3CCCC3)c2)CC1. The van der Waals surface area contributed by atoms with Crippen LogP contribution in [0.1, 0.15) is 51.4 Å². The summed E-state index contributed by atoms with van der Waals surface area (Å²) in [5.74, 6) is 0.0995. The van der Waals surface area contributed by atoms with E-state index in [1.165, 1.54) is 37.1 Å². The molecule has 2 amide bonds. The molecular weight excluding hydrogens is 424 g/mol. The van der Waals surface area contributed by atoms with E-state index in [4.69, 9.17) is 0 Å². The highest BCUT2D eigenvalue weighted by Gasteiger charge is 2.30. The van der Waals surface area contributed by atoms with Crippen LogP contribution >= 0.6 is 0 Å². The van der Waals surface area contributed by atoms with Crippen LogP contribution in [0.5, 0.6) is 0 Å². The summed E-state index contributed by atoms with van der Waals surface area (Å²) < 4.78 is 0. The van der Waals surface area contributed by atoms with Crippen LogP contribution in [0.25, 0.3) is 0 Å². The van der Waals surface area contributed by atoms with Crippen LogP contribution in [0.4, 0.5) is 22.7 Å². The largest absolute Gasteiger partial charge is 0.371 e. The van der Waals surface area contributed by atoms with Crippen molar-refractivity contribution >= 4 is 34.6 Å². The van der Waals surface area contributed by atoms with Gasteiger partial charge >= 0.3 is 0 Å². The fourth-order valence-electron chi connectivity index (χ4n) is 5.62. The van der Waals surface area contributed by atoms with E-state index >= 15 is 0 Å². The van der Waals surface area contributed by atoms with Crippen molar-refractivity contribution in [3.8, 4) is 0 Å². The number of benzene rings is 2. The molecule has 34 heavy (non-hydrogen) atoms. The van der Waals surface area contributed by atoms with E-state index in [0.717, 1.165) is 63.2 Å². The van der Waals surface area contributed by atoms with Gasteiger partial charge in [-0.05, 0) is 87.8 Å². The second-order valence-corrected chi connectivity index (χ2v) is 10.0. The predicted molar refractivity (Wildman–Crippen MR) is 138 cm³/mol. The molecule has 2 heterocycles. The number of anilines is 4. The van der Waals surface area contributed by atoms with Gasteiger partial charge in [0.25, 0.3) is 0 Å². The van der Waals surface area contributed by atoms with E-state index in [1.54, 1.807) is 0 Å². The monoisotopic (exact) mass is 460 g/mol. The summed E-state index contributed by atoms with van der Waals surface area (Å²) in [6, 6.07) is 16.4. The molecule has 2 aliphatic heterocycles. The molecule has 0 radical (unpaired) electrons. The van der Waals surface area contributed by atoms with E-state index in [9.17, 15) is 9.59 Å². The molecule has 2 aromatic rings. The van der Waals surface area contributed by atoms with Gasteiger partial charge in [0, 0.05) is 60.8 Å². The van der Waals surface area contributed by atoms with Crippen LogP contribution in [-0.2, 0) is 9.59 Å². The second-order valence-electron chi connectivity index (χ2n) is 10.0. The number of carbonyl (C=O) groups is 2. The molecule has 0 bridgehead atoms. The average molecular weight is 461 g/mol. The Labute approximate surface area is 202 Å². The van der Waals surface area contributed by atoms with Gasteiger partial charge in [-0.1, -0.05) is 12.1 Å². The average Bonchev–Trinajstić information content (AvgIpc) is 3.59. The molecule has 2 N–H and O–H groups in total. The Morgan fingerprint density at radius 3 is 1.38 bits per heavy atom. The number of nitrogens with zero attached hydrogens (tertiary/aromatic N) is 2. The minimum atomic E-state index is -0.0296. The maximum atomic E-state index is 12.9. The first kappa shape index (κ1) is 22.8. The molecule has 6 nitrogen and oxygen atoms in total. The number of hydrogen-bond acceptors (Lipinski definition) is 4. The number of hydrogen-bond donors (Lipinski definition) is 2. The van der Waals surface area contributed by atoms with Crippen molar-refractivity contribution in [1.82, 2.24) is 0 Å². The van der Waals surface area contributed by atoms with Crippen LogP contribution < -0.4 is 20.4 Å². The fraction of sp³-hybridized carbons (Fsp3) is 0.500. The first-order valence-corrected chi connectivity index (χ1v) is 13.0. The lowest BCUT2D eigenvalue weighted by Gasteiger charge is -2.27. The molecule has 180 valence electrons. The van der Waals surface area contributed by atoms with E-state index in [-0.39, 0.29) is 23.7 Å². The Morgan fingerprint density at radius 2 is 1.00 bits per heavy atom. The lowest BCUT2D eigenvalue weighted by molar-refractivity contribution is -0.125. The van der Waals surface area contributed by atoms with E-state index < -0.39 is 0 Å². The highest BCUT2D eigenvalue weighted by atomic mass is 16.2. The maximum Gasteiger partial charge on any atom is 0.227 e. The Morgan fingerprint density at radius 1 is 0.618 bits per heavy atom. The first-order chi connectivity index (χ1) is 16.7. The van der Waals surface area contributed by atoms with Crippen molar-refractivity contribution in [2.75, 3.05) is 46.6 Å². The van der Waals surface area contributed by atoms with Crippen molar-refractivity contribution in [3.63, 3.8) is 0 Å². The quantitative estimate of drug-likeness (QED) is 0.616. The Balaban J connectivity index is 1.11. The molecule has 1 aliphatic carbocycles. The van der Waals surface area contributed by atoms with Gasteiger partial charge in [0.2, 0.25) is 11.8 Å². The van der Waals surface area contributed by atoms with Gasteiger partial charge in [0.05, 0.1) is 0 Å². The van der Waals surface area contributed by atoms with Gasteiger partial charge in [0.15, 0.2) is 0 Å². The van der Waals surface area contributed by atoms with E-state index in [2.05, 4.69) is 44.7 Å². The number of rotatable bonds is 6. The Hall–Kier alpha value is -3.02. The molecule has 0 aromatic heterocycles. The number of carbonyl (C=O) groups excluding carboxylic acids is 2. The van der Waals surface area contributed by atoms with Crippen molar-refractivity contribution < 1.29 is 9.59 Å². The summed E-state index contributed by atoms with van der Waals surface area (Å²) in [4.78, 5) is 30.6. The molecular formula is C28H36N4O2. The molecule has 1 saturated carbocycles. The third-order valence-electron chi connectivity index (χ3n) is 7.64. The normalized spacial score (nSPS) is 22.6. The lowest BCUT2D eigenvalue weighted by Crippen LogP contribution is -2.32. The zero-order chi connectivity index (χ0) is 23.3. The standard InChI is InChI=1S/C28H36N4O2/c33-27(29-23-7-5-9-25(19-23)31-15-1-2-16-31)21-11-13-22(14-12-21)28(34)30-24-8-6-10-26(20-24)32-17-3-4-18-32/h5-10,19-22H,1-4,11-18H2,(H,29,33)(H,30,34). The van der Waals surface area contributed by atoms with Crippen molar-refractivity contribution in [2.45, 2.75) is 51.4 Å². The Kier molecular flexibility index (Phi) is 7.02. The minimum Gasteiger partial charge on any atom is -0.371 e. The van der Waals surface area contributed by atoms with Crippen LogP contribution in [0.2, 0.25) is 0 Å². The highest BCUT2D eigenvalue weighted by Crippen LogP contribution is 2.32. The maximum absolute atomic E-state index is 12.9. The minimum absolute atomic E-state index is 0.0296. The zero-order valence-electron chi connectivity index (χ0n) is 20.0. The van der Waals surface area contributed by atoms with Crippen molar-refractivity contribution in [2.24, 2.45) is 11.8 Å². The molecule has 2 saturated heterocycles. The summed E-state index contributed by atoms with van der Waals surface area (Å²) in [7, 11) is 0. The van der Waals surface area contributed by atoms with Crippen LogP contribution in [0.3, 0.4) is 0 Å². The molecule has 3 aliphatic rings. The van der Waals surface area contributed by atoms with Crippen molar-refractivity contribution in [1.29, 1.82) is 0 Å². The molecule has 0 atom stereocenters. The van der Waals surface area contributed by atoms with Gasteiger partial charge < -0.3 is 20.4 Å². The summed E-state index contributed by atoms with van der Waals surface area (Å²) in [5.41, 5.74) is 4.10. The van der Waals surface area contributed by atoms with E-state index in [0.29, 0.717) is 0 Å². The summed E-state index contributed by atoms with van der Waals surface area (Å²) in [6.07, 6.45) is 7.95. The number of nitrogens with one attached hydrogen (secondary N) is 2. The smallest absolute Gasteiger partial charge is 0.227 e. The summed E-state index contributed by atoms with van der Waals surface area (Å²) in [5, 5.41) is 6.24. The topological polar surface area (TPSA) is 64.7 Å². The molecule has 0 spiro atoms. The van der Waals surface area contributed by atoms with Crippen molar-refractivity contribution in [3.05, 3.63) is 48.5 Å². The predicted octanol–water partition coefficient (Wildman–Crippen LogP) is 5.27. The van der Waals surface area contributed by atoms with Gasteiger partial charge in [0.1, 0.15) is 0 Å². The Bertz CT molecular complexity index is 921. The van der Waals surface area contributed by atoms with Crippen LogP contribution in [0, 0.1) is 11.8 Å². The lowest BCUT2D eigenvalue weighted by atomic mass is 9.81. The highest BCUT2D eigenvalue weighted by molar-refractivity contribution is 5.95. The third kappa shape index (κ3) is 5.37. The fourth-order valence-corrected chi connectivity index (χ4v) is 5.62. The van der Waals surface area contributed by atoms with Gasteiger partial charge in [-0.2, -0.15) is 0 Å². The molecule has 0 unspecified atom stereocenters. The molecule has 3 fully saturated rings. The van der Waals surface area contributed by atoms with E-state index in [1.807, 2.05) is 24.3 Å². The zero-order valence-corrected chi connectivity index (χ0v) is 20.0. The molecule has 2 aromatic carbocycles. The van der Waals surface area contributed by atoms with Crippen LogP contribution in [0.15, 0.2) is 48.5 Å². The van der Waals surface area contributed by atoms with Crippen LogP contribution in [-0.4, -0.2) is 38.0 Å².